The zero-order valence-corrected chi connectivity index (χ0v) is 8.77. The van der Waals surface area contributed by atoms with Gasteiger partial charge in [-0.2, -0.15) is 0 Å². The lowest BCUT2D eigenvalue weighted by molar-refractivity contribution is 0.341. The summed E-state index contributed by atoms with van der Waals surface area (Å²) < 4.78 is 0. The molecule has 1 N–H and O–H groups in total. The Bertz CT molecular complexity index is 118. The zero-order valence-electron chi connectivity index (χ0n) is 8.77. The highest BCUT2D eigenvalue weighted by molar-refractivity contribution is 4.82. The molecule has 1 rings (SSSR count). The van der Waals surface area contributed by atoms with Gasteiger partial charge in [0.1, 0.15) is 0 Å². The van der Waals surface area contributed by atoms with E-state index in [1.54, 1.807) is 0 Å². The summed E-state index contributed by atoms with van der Waals surface area (Å²) in [5, 5.41) is 3.60. The molecule has 0 bridgehead atoms. The summed E-state index contributed by atoms with van der Waals surface area (Å²) in [6.07, 6.45) is 5.70. The van der Waals surface area contributed by atoms with Crippen molar-refractivity contribution >= 4 is 0 Å². The van der Waals surface area contributed by atoms with Crippen LogP contribution in [0.3, 0.4) is 0 Å². The van der Waals surface area contributed by atoms with Crippen molar-refractivity contribution in [3.8, 4) is 0 Å². The number of nitrogens with one attached hydrogen (secondary N) is 1. The summed E-state index contributed by atoms with van der Waals surface area (Å²) in [4.78, 5) is 0. The molecule has 1 nitrogen and oxygen atoms in total. The lowest BCUT2D eigenvalue weighted by Crippen LogP contribution is -2.35. The van der Waals surface area contributed by atoms with Crippen LogP contribution < -0.4 is 5.32 Å². The van der Waals surface area contributed by atoms with Gasteiger partial charge in [0.05, 0.1) is 0 Å². The predicted molar refractivity (Wildman–Crippen MR) is 54.3 cm³/mol. The van der Waals surface area contributed by atoms with Gasteiger partial charge in [-0.05, 0) is 24.8 Å². The Hall–Kier alpha value is -0.0400. The van der Waals surface area contributed by atoms with Crippen molar-refractivity contribution in [3.05, 3.63) is 0 Å². The lowest BCUT2D eigenvalue weighted by atomic mass is 9.94. The highest BCUT2D eigenvalue weighted by atomic mass is 14.9. The molecule has 2 atom stereocenters. The molecule has 0 aromatic carbocycles. The van der Waals surface area contributed by atoms with Gasteiger partial charge in [0.2, 0.25) is 0 Å². The van der Waals surface area contributed by atoms with Gasteiger partial charge in [-0.1, -0.05) is 40.0 Å². The van der Waals surface area contributed by atoms with Crippen LogP contribution in [-0.4, -0.2) is 12.6 Å². The Morgan fingerprint density at radius 2 is 2.00 bits per heavy atom. The summed E-state index contributed by atoms with van der Waals surface area (Å²) in [5.41, 5.74) is 0. The van der Waals surface area contributed by atoms with Crippen molar-refractivity contribution in [2.24, 2.45) is 11.8 Å². The summed E-state index contributed by atoms with van der Waals surface area (Å²) in [6, 6.07) is 0.785. The molecular formula is C11H23N. The van der Waals surface area contributed by atoms with E-state index < -0.39 is 0 Å². The molecule has 0 aromatic rings. The molecule has 1 aliphatic rings. The standard InChI is InChI=1S/C11H23N/c1-4-9(3)11(12-5-2)8-10-6-7-10/h9-12H,4-8H2,1-3H3. The fourth-order valence-electron chi connectivity index (χ4n) is 1.78. The van der Waals surface area contributed by atoms with E-state index in [-0.39, 0.29) is 0 Å². The Labute approximate surface area is 76.9 Å². The second-order valence-electron chi connectivity index (χ2n) is 4.23. The predicted octanol–water partition coefficient (Wildman–Crippen LogP) is 2.81. The van der Waals surface area contributed by atoms with Gasteiger partial charge < -0.3 is 5.32 Å². The van der Waals surface area contributed by atoms with Crippen molar-refractivity contribution in [1.29, 1.82) is 0 Å². The van der Waals surface area contributed by atoms with Crippen LogP contribution in [0, 0.1) is 11.8 Å². The first-order valence-corrected chi connectivity index (χ1v) is 5.51. The topological polar surface area (TPSA) is 12.0 Å². The molecule has 0 heterocycles. The molecular weight excluding hydrogens is 146 g/mol. The van der Waals surface area contributed by atoms with E-state index >= 15 is 0 Å². The Morgan fingerprint density at radius 3 is 2.42 bits per heavy atom. The third-order valence-corrected chi connectivity index (χ3v) is 3.08. The van der Waals surface area contributed by atoms with E-state index in [1.807, 2.05) is 0 Å². The monoisotopic (exact) mass is 169 g/mol. The fourth-order valence-corrected chi connectivity index (χ4v) is 1.78. The Morgan fingerprint density at radius 1 is 1.33 bits per heavy atom. The van der Waals surface area contributed by atoms with Gasteiger partial charge in [-0.15, -0.1) is 0 Å². The molecule has 12 heavy (non-hydrogen) atoms. The van der Waals surface area contributed by atoms with Crippen molar-refractivity contribution in [2.45, 2.75) is 52.5 Å². The average molecular weight is 169 g/mol. The SMILES string of the molecule is CCNC(CC1CC1)C(C)CC. The molecule has 72 valence electrons. The minimum Gasteiger partial charge on any atom is -0.314 e. The molecule has 1 fully saturated rings. The van der Waals surface area contributed by atoms with Crippen molar-refractivity contribution in [1.82, 2.24) is 5.32 Å². The van der Waals surface area contributed by atoms with Crippen LogP contribution in [0.1, 0.15) is 46.5 Å². The third-order valence-electron chi connectivity index (χ3n) is 3.08. The van der Waals surface area contributed by atoms with E-state index in [4.69, 9.17) is 0 Å². The molecule has 2 unspecified atom stereocenters. The summed E-state index contributed by atoms with van der Waals surface area (Å²) >= 11 is 0. The minimum absolute atomic E-state index is 0.785. The number of rotatable bonds is 6. The molecule has 0 aliphatic heterocycles. The van der Waals surface area contributed by atoms with E-state index in [2.05, 4.69) is 26.1 Å². The Balaban J connectivity index is 2.24. The zero-order chi connectivity index (χ0) is 8.97. The van der Waals surface area contributed by atoms with Gasteiger partial charge >= 0.3 is 0 Å². The van der Waals surface area contributed by atoms with Gasteiger partial charge in [0, 0.05) is 6.04 Å². The number of hydrogen-bond acceptors (Lipinski definition) is 1. The van der Waals surface area contributed by atoms with E-state index in [0.717, 1.165) is 24.4 Å². The molecule has 0 aromatic heterocycles. The minimum atomic E-state index is 0.785. The summed E-state index contributed by atoms with van der Waals surface area (Å²) in [6.45, 7) is 8.00. The first kappa shape index (κ1) is 10.0. The summed E-state index contributed by atoms with van der Waals surface area (Å²) in [5.74, 6) is 1.91. The van der Waals surface area contributed by atoms with Gasteiger partial charge in [-0.3, -0.25) is 0 Å². The quantitative estimate of drug-likeness (QED) is 0.644. The largest absolute Gasteiger partial charge is 0.314 e. The first-order chi connectivity index (χ1) is 5.77. The van der Waals surface area contributed by atoms with Crippen molar-refractivity contribution < 1.29 is 0 Å². The first-order valence-electron chi connectivity index (χ1n) is 5.51. The molecule has 0 spiro atoms. The maximum absolute atomic E-state index is 3.60. The molecule has 1 aliphatic carbocycles. The van der Waals surface area contributed by atoms with Gasteiger partial charge in [0.25, 0.3) is 0 Å². The van der Waals surface area contributed by atoms with Crippen LogP contribution >= 0.6 is 0 Å². The maximum atomic E-state index is 3.60. The third kappa shape index (κ3) is 3.14. The van der Waals surface area contributed by atoms with E-state index in [0.29, 0.717) is 0 Å². The number of hydrogen-bond donors (Lipinski definition) is 1. The van der Waals surface area contributed by atoms with Crippen molar-refractivity contribution in [3.63, 3.8) is 0 Å². The van der Waals surface area contributed by atoms with Gasteiger partial charge in [-0.25, -0.2) is 0 Å². The molecule has 1 heteroatoms. The average Bonchev–Trinajstić information content (AvgIpc) is 2.86. The van der Waals surface area contributed by atoms with Crippen LogP contribution in [0.2, 0.25) is 0 Å². The van der Waals surface area contributed by atoms with Crippen LogP contribution in [0.15, 0.2) is 0 Å². The van der Waals surface area contributed by atoms with Crippen LogP contribution in [-0.2, 0) is 0 Å². The summed E-state index contributed by atoms with van der Waals surface area (Å²) in [7, 11) is 0. The highest BCUT2D eigenvalue weighted by Gasteiger charge is 2.26. The molecule has 1 saturated carbocycles. The molecule has 0 radical (unpaired) electrons. The Kier molecular flexibility index (Phi) is 4.07. The lowest BCUT2D eigenvalue weighted by Gasteiger charge is -2.23. The van der Waals surface area contributed by atoms with E-state index in [9.17, 15) is 0 Å². The van der Waals surface area contributed by atoms with Crippen LogP contribution in [0.4, 0.5) is 0 Å². The highest BCUT2D eigenvalue weighted by Crippen LogP contribution is 2.35. The fraction of sp³-hybridized carbons (Fsp3) is 1.00. The maximum Gasteiger partial charge on any atom is 0.00951 e. The second-order valence-corrected chi connectivity index (χ2v) is 4.23. The smallest absolute Gasteiger partial charge is 0.00951 e. The van der Waals surface area contributed by atoms with Crippen LogP contribution in [0.5, 0.6) is 0 Å². The molecule has 0 amide bonds. The van der Waals surface area contributed by atoms with Crippen LogP contribution in [0.25, 0.3) is 0 Å². The normalized spacial score (nSPS) is 22.2. The molecule has 0 saturated heterocycles. The van der Waals surface area contributed by atoms with Crippen molar-refractivity contribution in [2.75, 3.05) is 6.54 Å². The van der Waals surface area contributed by atoms with Gasteiger partial charge in [0.15, 0.2) is 0 Å². The van der Waals surface area contributed by atoms with E-state index in [1.165, 1.54) is 25.7 Å². The second kappa shape index (κ2) is 4.86.